The molecule has 0 radical (unpaired) electrons. The molecule has 6 nitrogen and oxygen atoms in total. The molecule has 6 N–H and O–H groups in total. The molecule has 1 atom stereocenters. The van der Waals surface area contributed by atoms with Crippen molar-refractivity contribution in [3.05, 3.63) is 35.9 Å². The van der Waals surface area contributed by atoms with Crippen LogP contribution >= 0.6 is 0 Å². The number of aliphatic carboxylic acids is 1. The van der Waals surface area contributed by atoms with Crippen LogP contribution in [0.3, 0.4) is 0 Å². The lowest BCUT2D eigenvalue weighted by Crippen LogP contribution is -2.61. The van der Waals surface area contributed by atoms with E-state index in [2.05, 4.69) is 17.4 Å². The molecule has 1 fully saturated rings. The van der Waals surface area contributed by atoms with Crippen LogP contribution < -0.4 is 11.1 Å². The zero-order chi connectivity index (χ0) is 17.6. The first-order valence-electron chi connectivity index (χ1n) is 8.57. The second-order valence-electron chi connectivity index (χ2n) is 6.80. The number of unbranched alkanes of at least 4 members (excludes halogenated alkanes) is 1. The molecule has 1 aliphatic carbocycles. The number of carbonyl (C=O) groups is 1. The minimum Gasteiger partial charge on any atom is -0.480 e. The average Bonchev–Trinajstić information content (AvgIpc) is 2.50. The molecule has 0 spiro atoms. The number of hydrogen-bond donors (Lipinski definition) is 5. The minimum absolute atomic E-state index is 0.0395. The largest absolute Gasteiger partial charge is 0.480 e. The van der Waals surface area contributed by atoms with Gasteiger partial charge in [0.05, 0.1) is 0 Å². The van der Waals surface area contributed by atoms with E-state index in [1.807, 2.05) is 18.2 Å². The molecule has 2 rings (SSSR count). The van der Waals surface area contributed by atoms with Crippen LogP contribution in [0, 0.1) is 5.92 Å². The molecule has 24 heavy (non-hydrogen) atoms. The molecule has 7 heteroatoms. The highest BCUT2D eigenvalue weighted by molar-refractivity contribution is 6.40. The maximum atomic E-state index is 11.6. The van der Waals surface area contributed by atoms with Crippen molar-refractivity contribution in [3.63, 3.8) is 0 Å². The first-order valence-corrected chi connectivity index (χ1v) is 8.57. The Kier molecular flexibility index (Phi) is 6.80. The van der Waals surface area contributed by atoms with E-state index in [0.717, 1.165) is 19.4 Å². The van der Waals surface area contributed by atoms with Crippen molar-refractivity contribution in [2.45, 2.75) is 56.5 Å². The van der Waals surface area contributed by atoms with Crippen LogP contribution in [0.4, 0.5) is 0 Å². The van der Waals surface area contributed by atoms with Crippen molar-refractivity contribution in [3.8, 4) is 0 Å². The zero-order valence-electron chi connectivity index (χ0n) is 13.9. The van der Waals surface area contributed by atoms with E-state index in [0.29, 0.717) is 25.3 Å². The molecule has 1 aromatic rings. The molecule has 0 heterocycles. The van der Waals surface area contributed by atoms with Gasteiger partial charge in [0.25, 0.3) is 0 Å². The standard InChI is InChI=1S/C17H27BN2O4/c19-17(16(21)22,8-4-5-9-18(23)24)14-10-15(11-14)20-12-13-6-2-1-3-7-13/h1-3,6-7,14-15,20,23-24H,4-5,8-12,19H2,(H,21,22)/t14-,15-,17?. The van der Waals surface area contributed by atoms with Gasteiger partial charge >= 0.3 is 13.1 Å². The molecule has 0 amide bonds. The fourth-order valence-electron chi connectivity index (χ4n) is 3.29. The Bertz CT molecular complexity index is 523. The van der Waals surface area contributed by atoms with Gasteiger partial charge in [0.15, 0.2) is 0 Å². The topological polar surface area (TPSA) is 116 Å². The quantitative estimate of drug-likeness (QED) is 0.322. The summed E-state index contributed by atoms with van der Waals surface area (Å²) in [6, 6.07) is 10.4. The van der Waals surface area contributed by atoms with Crippen LogP contribution in [0.25, 0.3) is 0 Å². The summed E-state index contributed by atoms with van der Waals surface area (Å²) in [6.45, 7) is 0.775. The molecule has 0 bridgehead atoms. The van der Waals surface area contributed by atoms with E-state index in [1.54, 1.807) is 0 Å². The Labute approximate surface area is 143 Å². The Morgan fingerprint density at radius 3 is 2.50 bits per heavy atom. The van der Waals surface area contributed by atoms with Crippen molar-refractivity contribution in [2.75, 3.05) is 0 Å². The smallest absolute Gasteiger partial charge is 0.451 e. The maximum Gasteiger partial charge on any atom is 0.451 e. The van der Waals surface area contributed by atoms with Gasteiger partial charge in [0.2, 0.25) is 0 Å². The number of nitrogens with one attached hydrogen (secondary N) is 1. The number of rotatable bonds is 10. The van der Waals surface area contributed by atoms with Crippen LogP contribution in [0.5, 0.6) is 0 Å². The fraction of sp³-hybridized carbons (Fsp3) is 0.588. The van der Waals surface area contributed by atoms with Crippen LogP contribution in [0.1, 0.15) is 37.7 Å². The van der Waals surface area contributed by atoms with E-state index in [9.17, 15) is 9.90 Å². The lowest BCUT2D eigenvalue weighted by molar-refractivity contribution is -0.148. The molecule has 0 aliphatic heterocycles. The predicted octanol–water partition coefficient (Wildman–Crippen LogP) is 0.980. The van der Waals surface area contributed by atoms with E-state index in [4.69, 9.17) is 15.8 Å². The number of nitrogens with two attached hydrogens (primary N) is 1. The highest BCUT2D eigenvalue weighted by Gasteiger charge is 2.47. The fourth-order valence-corrected chi connectivity index (χ4v) is 3.29. The average molecular weight is 334 g/mol. The number of benzene rings is 1. The third kappa shape index (κ3) is 5.04. The van der Waals surface area contributed by atoms with Gasteiger partial charge in [-0.3, -0.25) is 4.79 Å². The number of carboxylic acid groups (broad SMARTS) is 1. The van der Waals surface area contributed by atoms with Gasteiger partial charge in [-0.1, -0.05) is 43.2 Å². The van der Waals surface area contributed by atoms with Crippen molar-refractivity contribution < 1.29 is 19.9 Å². The van der Waals surface area contributed by atoms with E-state index < -0.39 is 18.6 Å². The monoisotopic (exact) mass is 334 g/mol. The molecule has 0 saturated heterocycles. The van der Waals surface area contributed by atoms with E-state index in [-0.39, 0.29) is 12.2 Å². The summed E-state index contributed by atoms with van der Waals surface area (Å²) in [5, 5.41) is 30.7. The summed E-state index contributed by atoms with van der Waals surface area (Å²) in [7, 11) is -1.34. The Hall–Kier alpha value is -1.41. The van der Waals surface area contributed by atoms with Crippen molar-refractivity contribution >= 4 is 13.1 Å². The normalized spacial score (nSPS) is 22.5. The van der Waals surface area contributed by atoms with E-state index >= 15 is 0 Å². The summed E-state index contributed by atoms with van der Waals surface area (Å²) in [6.07, 6.45) is 3.29. The molecule has 1 aromatic carbocycles. The summed E-state index contributed by atoms with van der Waals surface area (Å²) in [5.74, 6) is -0.999. The van der Waals surface area contributed by atoms with Crippen LogP contribution in [-0.4, -0.2) is 39.8 Å². The Morgan fingerprint density at radius 2 is 1.92 bits per heavy atom. The summed E-state index contributed by atoms with van der Waals surface area (Å²) in [4.78, 5) is 11.6. The van der Waals surface area contributed by atoms with Gasteiger partial charge in [0, 0.05) is 12.6 Å². The lowest BCUT2D eigenvalue weighted by Gasteiger charge is -2.45. The second kappa shape index (κ2) is 8.62. The maximum absolute atomic E-state index is 11.6. The molecule has 1 saturated carbocycles. The predicted molar refractivity (Wildman–Crippen MR) is 93.2 cm³/mol. The third-order valence-corrected chi connectivity index (χ3v) is 5.01. The summed E-state index contributed by atoms with van der Waals surface area (Å²) in [5.41, 5.74) is 6.17. The highest BCUT2D eigenvalue weighted by Crippen LogP contribution is 2.38. The summed E-state index contributed by atoms with van der Waals surface area (Å²) >= 11 is 0. The van der Waals surface area contributed by atoms with Gasteiger partial charge in [0.1, 0.15) is 5.54 Å². The molecule has 132 valence electrons. The van der Waals surface area contributed by atoms with Crippen molar-refractivity contribution in [1.82, 2.24) is 5.32 Å². The van der Waals surface area contributed by atoms with Gasteiger partial charge in [-0.25, -0.2) is 0 Å². The number of hydrogen-bond acceptors (Lipinski definition) is 5. The molecule has 0 aromatic heterocycles. The van der Waals surface area contributed by atoms with Crippen molar-refractivity contribution in [1.29, 1.82) is 0 Å². The van der Waals surface area contributed by atoms with Gasteiger partial charge in [-0.15, -0.1) is 0 Å². The highest BCUT2D eigenvalue weighted by atomic mass is 16.4. The lowest BCUT2D eigenvalue weighted by atomic mass is 9.66. The molecule has 1 unspecified atom stereocenters. The number of carboxylic acids is 1. The van der Waals surface area contributed by atoms with Gasteiger partial charge in [-0.2, -0.15) is 0 Å². The minimum atomic E-state index is -1.34. The third-order valence-electron chi connectivity index (χ3n) is 5.01. The van der Waals surface area contributed by atoms with Crippen molar-refractivity contribution in [2.24, 2.45) is 11.7 Å². The van der Waals surface area contributed by atoms with Crippen LogP contribution in [0.2, 0.25) is 6.32 Å². The molecule has 1 aliphatic rings. The molecular weight excluding hydrogens is 307 g/mol. The van der Waals surface area contributed by atoms with Gasteiger partial charge < -0.3 is 26.2 Å². The first kappa shape index (κ1) is 18.9. The Morgan fingerprint density at radius 1 is 1.25 bits per heavy atom. The van der Waals surface area contributed by atoms with Gasteiger partial charge in [-0.05, 0) is 37.1 Å². The van der Waals surface area contributed by atoms with E-state index in [1.165, 1.54) is 5.56 Å². The SMILES string of the molecule is NC(CCCCB(O)O)(C(=O)O)[C@H]1C[C@H](NCc2ccccc2)C1. The Balaban J connectivity index is 1.76. The van der Waals surface area contributed by atoms with Crippen LogP contribution in [-0.2, 0) is 11.3 Å². The van der Waals surface area contributed by atoms with Crippen LogP contribution in [0.15, 0.2) is 30.3 Å². The first-order chi connectivity index (χ1) is 11.4. The summed E-state index contributed by atoms with van der Waals surface area (Å²) < 4.78 is 0. The molecular formula is C17H27BN2O4. The zero-order valence-corrected chi connectivity index (χ0v) is 13.9. The second-order valence-corrected chi connectivity index (χ2v) is 6.80.